The average Bonchev–Trinajstić information content (AvgIpc) is 2.29. The highest BCUT2D eigenvalue weighted by atomic mass is 32.2. The fraction of sp³-hybridized carbons (Fsp3) is 0.273. The number of hydrogen-bond acceptors (Lipinski definition) is 3. The zero-order valence-corrected chi connectivity index (χ0v) is 10.4. The van der Waals surface area contributed by atoms with E-state index in [0.717, 1.165) is 18.2 Å². The van der Waals surface area contributed by atoms with Gasteiger partial charge in [0.1, 0.15) is 11.6 Å². The Bertz CT molecular complexity index is 504. The van der Waals surface area contributed by atoms with Crippen LogP contribution in [-0.4, -0.2) is 33.5 Å². The topological polar surface area (TPSA) is 83.5 Å². The Morgan fingerprint density at radius 2 is 2.11 bits per heavy atom. The SMILES string of the molecule is CCNC(=O)CS(=O)c1cc(C(=O)O)ccc1F. The number of carboxylic acid groups (broad SMARTS) is 1. The Kier molecular flexibility index (Phi) is 4.96. The first-order valence-corrected chi connectivity index (χ1v) is 6.45. The fourth-order valence-corrected chi connectivity index (χ4v) is 2.30. The van der Waals surface area contributed by atoms with E-state index in [1.165, 1.54) is 0 Å². The van der Waals surface area contributed by atoms with E-state index in [1.54, 1.807) is 6.92 Å². The molecule has 0 aromatic heterocycles. The lowest BCUT2D eigenvalue weighted by Gasteiger charge is -2.05. The Hall–Kier alpha value is -1.76. The normalized spacial score (nSPS) is 11.9. The average molecular weight is 273 g/mol. The van der Waals surface area contributed by atoms with Gasteiger partial charge in [-0.3, -0.25) is 9.00 Å². The number of nitrogens with one attached hydrogen (secondary N) is 1. The van der Waals surface area contributed by atoms with Crippen LogP contribution >= 0.6 is 0 Å². The summed E-state index contributed by atoms with van der Waals surface area (Å²) in [5.74, 6) is -2.90. The third-order valence-corrected chi connectivity index (χ3v) is 3.39. The number of hydrogen-bond donors (Lipinski definition) is 2. The molecule has 0 aliphatic rings. The van der Waals surface area contributed by atoms with Gasteiger partial charge < -0.3 is 10.4 Å². The summed E-state index contributed by atoms with van der Waals surface area (Å²) in [6.45, 7) is 2.08. The lowest BCUT2D eigenvalue weighted by Crippen LogP contribution is -2.28. The zero-order chi connectivity index (χ0) is 13.7. The molecule has 1 aromatic carbocycles. The van der Waals surface area contributed by atoms with Gasteiger partial charge in [0.2, 0.25) is 5.91 Å². The first-order chi connectivity index (χ1) is 8.45. The molecule has 1 amide bonds. The van der Waals surface area contributed by atoms with Crippen molar-refractivity contribution in [2.75, 3.05) is 12.3 Å². The largest absolute Gasteiger partial charge is 0.478 e. The number of halogens is 1. The molecule has 0 saturated heterocycles. The summed E-state index contributed by atoms with van der Waals surface area (Å²) in [6.07, 6.45) is 0. The molecule has 0 fully saturated rings. The van der Waals surface area contributed by atoms with Crippen LogP contribution < -0.4 is 5.32 Å². The van der Waals surface area contributed by atoms with Crippen molar-refractivity contribution in [2.24, 2.45) is 0 Å². The molecule has 1 rings (SSSR count). The number of aromatic carboxylic acids is 1. The van der Waals surface area contributed by atoms with Gasteiger partial charge in [-0.25, -0.2) is 9.18 Å². The van der Waals surface area contributed by atoms with Crippen LogP contribution in [0.1, 0.15) is 17.3 Å². The van der Waals surface area contributed by atoms with E-state index >= 15 is 0 Å². The lowest BCUT2D eigenvalue weighted by atomic mass is 10.2. The predicted octanol–water partition coefficient (Wildman–Crippen LogP) is 0.768. The highest BCUT2D eigenvalue weighted by Gasteiger charge is 2.16. The summed E-state index contributed by atoms with van der Waals surface area (Å²) >= 11 is 0. The molecular weight excluding hydrogens is 261 g/mol. The molecule has 0 aliphatic heterocycles. The van der Waals surface area contributed by atoms with Crippen LogP contribution in [-0.2, 0) is 15.6 Å². The van der Waals surface area contributed by atoms with Crippen molar-refractivity contribution in [3.63, 3.8) is 0 Å². The van der Waals surface area contributed by atoms with E-state index in [-0.39, 0.29) is 10.5 Å². The van der Waals surface area contributed by atoms with Crippen LogP contribution in [0.25, 0.3) is 0 Å². The second kappa shape index (κ2) is 6.25. The molecule has 0 bridgehead atoms. The highest BCUT2D eigenvalue weighted by molar-refractivity contribution is 7.85. The van der Waals surface area contributed by atoms with E-state index in [0.29, 0.717) is 6.54 Å². The van der Waals surface area contributed by atoms with Crippen molar-refractivity contribution in [2.45, 2.75) is 11.8 Å². The number of carboxylic acids is 1. The summed E-state index contributed by atoms with van der Waals surface area (Å²) < 4.78 is 25.1. The Labute approximate surface area is 105 Å². The van der Waals surface area contributed by atoms with Gasteiger partial charge in [-0.1, -0.05) is 0 Å². The van der Waals surface area contributed by atoms with Crippen molar-refractivity contribution in [3.8, 4) is 0 Å². The van der Waals surface area contributed by atoms with Gasteiger partial charge in [0.25, 0.3) is 0 Å². The predicted molar refractivity (Wildman–Crippen MR) is 63.3 cm³/mol. The third-order valence-electron chi connectivity index (χ3n) is 2.06. The minimum atomic E-state index is -1.90. The number of benzene rings is 1. The molecule has 0 saturated carbocycles. The molecule has 18 heavy (non-hydrogen) atoms. The summed E-state index contributed by atoms with van der Waals surface area (Å²) in [4.78, 5) is 21.6. The van der Waals surface area contributed by atoms with Crippen molar-refractivity contribution in [1.29, 1.82) is 0 Å². The minimum Gasteiger partial charge on any atom is -0.478 e. The Balaban J connectivity index is 2.94. The second-order valence-electron chi connectivity index (χ2n) is 3.39. The Morgan fingerprint density at radius 1 is 1.44 bits per heavy atom. The quantitative estimate of drug-likeness (QED) is 0.830. The highest BCUT2D eigenvalue weighted by Crippen LogP contribution is 2.15. The van der Waals surface area contributed by atoms with E-state index in [1.807, 2.05) is 0 Å². The first kappa shape index (κ1) is 14.3. The number of carbonyl (C=O) groups is 2. The van der Waals surface area contributed by atoms with E-state index < -0.39 is 34.2 Å². The molecule has 0 heterocycles. The summed E-state index contributed by atoms with van der Waals surface area (Å²) in [6, 6.07) is 2.98. The molecule has 1 aromatic rings. The van der Waals surface area contributed by atoms with Crippen LogP contribution in [0, 0.1) is 5.82 Å². The monoisotopic (exact) mass is 273 g/mol. The third kappa shape index (κ3) is 3.63. The number of rotatable bonds is 5. The number of carbonyl (C=O) groups excluding carboxylic acids is 1. The van der Waals surface area contributed by atoms with Crippen LogP contribution in [0.5, 0.6) is 0 Å². The van der Waals surface area contributed by atoms with Gasteiger partial charge in [-0.15, -0.1) is 0 Å². The molecule has 1 atom stereocenters. The van der Waals surface area contributed by atoms with Crippen LogP contribution in [0.4, 0.5) is 4.39 Å². The van der Waals surface area contributed by atoms with Crippen LogP contribution in [0.15, 0.2) is 23.1 Å². The van der Waals surface area contributed by atoms with Crippen molar-refractivity contribution in [3.05, 3.63) is 29.6 Å². The van der Waals surface area contributed by atoms with Gasteiger partial charge in [0.15, 0.2) is 0 Å². The molecule has 5 nitrogen and oxygen atoms in total. The summed E-state index contributed by atoms with van der Waals surface area (Å²) in [7, 11) is -1.90. The van der Waals surface area contributed by atoms with Crippen LogP contribution in [0.3, 0.4) is 0 Å². The zero-order valence-electron chi connectivity index (χ0n) is 9.60. The molecular formula is C11H12FNO4S. The molecule has 7 heteroatoms. The van der Waals surface area contributed by atoms with Gasteiger partial charge in [-0.05, 0) is 25.1 Å². The van der Waals surface area contributed by atoms with Crippen LogP contribution in [0.2, 0.25) is 0 Å². The van der Waals surface area contributed by atoms with E-state index in [2.05, 4.69) is 5.32 Å². The lowest BCUT2D eigenvalue weighted by molar-refractivity contribution is -0.118. The fourth-order valence-electron chi connectivity index (χ4n) is 1.26. The van der Waals surface area contributed by atoms with Crippen molar-refractivity contribution >= 4 is 22.7 Å². The molecule has 0 aliphatic carbocycles. The van der Waals surface area contributed by atoms with Gasteiger partial charge >= 0.3 is 5.97 Å². The van der Waals surface area contributed by atoms with Gasteiger partial charge in [0.05, 0.1) is 21.3 Å². The minimum absolute atomic E-state index is 0.171. The maximum Gasteiger partial charge on any atom is 0.335 e. The maximum absolute atomic E-state index is 13.4. The summed E-state index contributed by atoms with van der Waals surface area (Å²) in [5, 5.41) is 11.2. The molecule has 0 radical (unpaired) electrons. The molecule has 1 unspecified atom stereocenters. The Morgan fingerprint density at radius 3 is 2.67 bits per heavy atom. The van der Waals surface area contributed by atoms with Gasteiger partial charge in [0, 0.05) is 6.54 Å². The molecule has 2 N–H and O–H groups in total. The van der Waals surface area contributed by atoms with Crippen molar-refractivity contribution < 1.29 is 23.3 Å². The number of amides is 1. The van der Waals surface area contributed by atoms with Gasteiger partial charge in [-0.2, -0.15) is 0 Å². The first-order valence-electron chi connectivity index (χ1n) is 5.13. The van der Waals surface area contributed by atoms with E-state index in [9.17, 15) is 18.2 Å². The molecule has 0 spiro atoms. The van der Waals surface area contributed by atoms with Crippen molar-refractivity contribution in [1.82, 2.24) is 5.32 Å². The maximum atomic E-state index is 13.4. The van der Waals surface area contributed by atoms with E-state index in [4.69, 9.17) is 5.11 Å². The second-order valence-corrected chi connectivity index (χ2v) is 4.81. The standard InChI is InChI=1S/C11H12FNO4S/c1-2-13-10(14)6-18(17)9-5-7(11(15)16)3-4-8(9)12/h3-5H,2,6H2,1H3,(H,13,14)(H,15,16). The summed E-state index contributed by atoms with van der Waals surface area (Å²) in [5.41, 5.74) is -0.171. The smallest absolute Gasteiger partial charge is 0.335 e. The molecule has 98 valence electrons.